The zero-order valence-electron chi connectivity index (χ0n) is 17.7. The van der Waals surface area contributed by atoms with Crippen LogP contribution in [0.4, 0.5) is 11.4 Å². The molecule has 0 radical (unpaired) electrons. The number of nitrogens with two attached hydrogens (primary N) is 1. The van der Waals surface area contributed by atoms with Gasteiger partial charge in [-0.3, -0.25) is 20.0 Å². The summed E-state index contributed by atoms with van der Waals surface area (Å²) >= 11 is 6.19. The average molecular weight is 439 g/mol. The van der Waals surface area contributed by atoms with Crippen molar-refractivity contribution in [3.05, 3.63) is 23.4 Å². The first-order chi connectivity index (χ1) is 14.3. The average Bonchev–Trinajstić information content (AvgIpc) is 2.72. The number of hydrogen-bond acceptors (Lipinski definition) is 9. The minimum atomic E-state index is -1.19. The number of alkyl halides is 1. The highest BCUT2D eigenvalue weighted by Crippen LogP contribution is 2.28. The molecule has 2 aliphatic heterocycles. The van der Waals surface area contributed by atoms with Gasteiger partial charge < -0.3 is 20.9 Å². The van der Waals surface area contributed by atoms with E-state index in [1.807, 2.05) is 18.0 Å². The molecular weight excluding hydrogens is 408 g/mol. The summed E-state index contributed by atoms with van der Waals surface area (Å²) in [5.41, 5.74) is 7.43. The number of piperazine rings is 1. The predicted molar refractivity (Wildman–Crippen MR) is 118 cm³/mol. The molecule has 166 valence electrons. The van der Waals surface area contributed by atoms with E-state index >= 15 is 0 Å². The highest BCUT2D eigenvalue weighted by molar-refractivity contribution is 6.21. The smallest absolute Gasteiger partial charge is 0.234 e. The molecule has 1 amide bonds. The molecule has 0 bridgehead atoms. The van der Waals surface area contributed by atoms with Crippen LogP contribution < -0.4 is 21.3 Å². The maximum atomic E-state index is 13.2. The molecule has 5 atom stereocenters. The van der Waals surface area contributed by atoms with Gasteiger partial charge in [0.25, 0.3) is 0 Å². The molecule has 5 unspecified atom stereocenters. The van der Waals surface area contributed by atoms with Crippen LogP contribution in [0.25, 0.3) is 0 Å². The number of nitroso groups, excluding NO2 is 1. The number of carbonyl (C=O) groups is 1. The number of hydrogen-bond donors (Lipinski definition) is 3. The van der Waals surface area contributed by atoms with E-state index in [2.05, 4.69) is 44.6 Å². The van der Waals surface area contributed by atoms with E-state index in [0.29, 0.717) is 24.8 Å². The molecule has 3 rings (SSSR count). The molecule has 0 aromatic carbocycles. The van der Waals surface area contributed by atoms with Crippen molar-refractivity contribution in [2.75, 3.05) is 57.0 Å². The third kappa shape index (κ3) is 5.06. The molecular formula is C19H31ClN8O2. The first-order valence-corrected chi connectivity index (χ1v) is 10.6. The fourth-order valence-electron chi connectivity index (χ4n) is 4.09. The summed E-state index contributed by atoms with van der Waals surface area (Å²) in [6.45, 7) is 5.87. The Kier molecular flexibility index (Phi) is 7.59. The van der Waals surface area contributed by atoms with Crippen molar-refractivity contribution in [1.82, 2.24) is 20.1 Å². The van der Waals surface area contributed by atoms with Crippen molar-refractivity contribution in [3.8, 4) is 0 Å². The van der Waals surface area contributed by atoms with Gasteiger partial charge in [0, 0.05) is 45.0 Å². The lowest BCUT2D eigenvalue weighted by molar-refractivity contribution is -0.123. The van der Waals surface area contributed by atoms with Crippen molar-refractivity contribution >= 4 is 28.9 Å². The van der Waals surface area contributed by atoms with Crippen LogP contribution in [0.15, 0.2) is 23.6 Å². The Labute approximate surface area is 182 Å². The maximum Gasteiger partial charge on any atom is 0.234 e. The number of anilines is 2. The van der Waals surface area contributed by atoms with E-state index in [0.717, 1.165) is 25.3 Å². The van der Waals surface area contributed by atoms with E-state index in [1.165, 1.54) is 0 Å². The van der Waals surface area contributed by atoms with Crippen molar-refractivity contribution in [3.63, 3.8) is 0 Å². The number of amides is 1. The molecule has 30 heavy (non-hydrogen) atoms. The predicted octanol–water partition coefficient (Wildman–Crippen LogP) is 0.296. The van der Waals surface area contributed by atoms with Gasteiger partial charge in [0.1, 0.15) is 5.92 Å². The molecule has 1 aromatic rings. The topological polar surface area (TPSA) is 119 Å². The number of halogens is 1. The van der Waals surface area contributed by atoms with Gasteiger partial charge in [-0.05, 0) is 27.1 Å². The molecule has 10 nitrogen and oxygen atoms in total. The van der Waals surface area contributed by atoms with Crippen LogP contribution >= 0.6 is 11.6 Å². The molecule has 0 spiro atoms. The van der Waals surface area contributed by atoms with Crippen LogP contribution in [0.1, 0.15) is 6.92 Å². The minimum absolute atomic E-state index is 0.0838. The Morgan fingerprint density at radius 1 is 1.37 bits per heavy atom. The Morgan fingerprint density at radius 2 is 2.13 bits per heavy atom. The third-order valence-electron chi connectivity index (χ3n) is 6.00. The van der Waals surface area contributed by atoms with E-state index < -0.39 is 18.2 Å². The van der Waals surface area contributed by atoms with Gasteiger partial charge in [0.05, 0.1) is 29.1 Å². The highest BCUT2D eigenvalue weighted by Gasteiger charge is 2.40. The van der Waals surface area contributed by atoms with E-state index in [-0.39, 0.29) is 11.3 Å². The number of pyridine rings is 1. The highest BCUT2D eigenvalue weighted by atomic mass is 35.5. The van der Waals surface area contributed by atoms with Gasteiger partial charge in [-0.25, -0.2) is 0 Å². The summed E-state index contributed by atoms with van der Waals surface area (Å²) in [6.07, 6.45) is 1.69. The minimum Gasteiger partial charge on any atom is -0.367 e. The van der Waals surface area contributed by atoms with Gasteiger partial charge in [-0.2, -0.15) is 0 Å². The van der Waals surface area contributed by atoms with Crippen molar-refractivity contribution in [1.29, 1.82) is 0 Å². The second-order valence-corrected chi connectivity index (χ2v) is 8.79. The molecule has 1 aromatic heterocycles. The summed E-state index contributed by atoms with van der Waals surface area (Å²) in [4.78, 5) is 35.1. The molecule has 3 heterocycles. The molecule has 2 aliphatic rings. The lowest BCUT2D eigenvalue weighted by Gasteiger charge is -2.41. The third-order valence-corrected chi connectivity index (χ3v) is 6.29. The van der Waals surface area contributed by atoms with Crippen LogP contribution in [0.2, 0.25) is 0 Å². The van der Waals surface area contributed by atoms with Crippen molar-refractivity contribution in [2.24, 2.45) is 16.8 Å². The van der Waals surface area contributed by atoms with Crippen LogP contribution in [0, 0.1) is 10.8 Å². The maximum absolute atomic E-state index is 13.2. The first-order valence-electron chi connectivity index (χ1n) is 10.2. The van der Waals surface area contributed by atoms with E-state index in [1.54, 1.807) is 12.4 Å². The Balaban J connectivity index is 1.80. The molecule has 2 fully saturated rings. The summed E-state index contributed by atoms with van der Waals surface area (Å²) in [5.74, 6) is -1.26. The Hall–Kier alpha value is -1.85. The number of likely N-dealkylation sites (N-methyl/N-ethyl adjacent to an activating group) is 1. The summed E-state index contributed by atoms with van der Waals surface area (Å²) < 4.78 is 0. The molecule has 0 aliphatic carbocycles. The molecule has 2 saturated heterocycles. The van der Waals surface area contributed by atoms with Crippen LogP contribution in [0.3, 0.4) is 0 Å². The second kappa shape index (κ2) is 9.97. The molecule has 4 N–H and O–H groups in total. The molecule has 0 saturated carbocycles. The lowest BCUT2D eigenvalue weighted by Crippen LogP contribution is -2.62. The lowest BCUT2D eigenvalue weighted by atomic mass is 9.98. The number of nitrogens with one attached hydrogen (secondary N) is 2. The van der Waals surface area contributed by atoms with Gasteiger partial charge in [-0.1, -0.05) is 5.18 Å². The van der Waals surface area contributed by atoms with Gasteiger partial charge in [0.15, 0.2) is 6.17 Å². The number of aromatic nitrogens is 1. The fourth-order valence-corrected chi connectivity index (χ4v) is 4.40. The number of nitrogens with zero attached hydrogens (tertiary/aromatic N) is 5. The number of carbonyl (C=O) groups excluding carboxylic acids is 1. The summed E-state index contributed by atoms with van der Waals surface area (Å²) in [7, 11) is 3.94. The van der Waals surface area contributed by atoms with Crippen LogP contribution in [-0.4, -0.2) is 91.3 Å². The SMILES string of the molecule is CC1CN(c2ccncc2NC(=O)C(C(N)N=O)C2NCC(Cl)CN2C)CCN1C. The fraction of sp³-hybridized carbons (Fsp3) is 0.684. The summed E-state index contributed by atoms with van der Waals surface area (Å²) in [6, 6.07) is 2.28. The van der Waals surface area contributed by atoms with Crippen LogP contribution in [-0.2, 0) is 4.79 Å². The Morgan fingerprint density at radius 3 is 2.80 bits per heavy atom. The zero-order valence-corrected chi connectivity index (χ0v) is 18.4. The normalized spacial score (nSPS) is 28.0. The van der Waals surface area contributed by atoms with Gasteiger partial charge in [0.2, 0.25) is 5.91 Å². The van der Waals surface area contributed by atoms with Crippen molar-refractivity contribution in [2.45, 2.75) is 30.7 Å². The second-order valence-electron chi connectivity index (χ2n) is 8.17. The monoisotopic (exact) mass is 438 g/mol. The first kappa shape index (κ1) is 22.8. The quantitative estimate of drug-likeness (QED) is 0.428. The standard InChI is InChI=1S/C19H31ClN8O2/c1-12-10-28(7-6-26(12)2)15-4-5-22-9-14(15)24-19(29)16(17(21)25-30)18-23-8-13(20)11-27(18)3/h4-5,9,12-13,16-18,23H,6-8,10-11,21H2,1-3H3,(H,24,29). The van der Waals surface area contributed by atoms with Crippen LogP contribution in [0.5, 0.6) is 0 Å². The number of rotatable bonds is 6. The van der Waals surface area contributed by atoms with E-state index in [4.69, 9.17) is 17.3 Å². The largest absolute Gasteiger partial charge is 0.367 e. The Bertz CT molecular complexity index is 753. The van der Waals surface area contributed by atoms with Gasteiger partial charge >= 0.3 is 0 Å². The zero-order chi connectivity index (χ0) is 21.8. The molecule has 11 heteroatoms. The van der Waals surface area contributed by atoms with Gasteiger partial charge in [-0.15, -0.1) is 16.5 Å². The van der Waals surface area contributed by atoms with Crippen molar-refractivity contribution < 1.29 is 4.79 Å². The summed E-state index contributed by atoms with van der Waals surface area (Å²) in [5, 5.41) is 9.02. The van der Waals surface area contributed by atoms with E-state index in [9.17, 15) is 9.70 Å².